The van der Waals surface area contributed by atoms with E-state index in [2.05, 4.69) is 20.5 Å². The summed E-state index contributed by atoms with van der Waals surface area (Å²) in [6.07, 6.45) is 2.77. The van der Waals surface area contributed by atoms with Gasteiger partial charge >= 0.3 is 0 Å². The number of nitrogens with one attached hydrogen (secondary N) is 2. The van der Waals surface area contributed by atoms with Crippen LogP contribution in [-0.4, -0.2) is 21.1 Å². The number of aromatic nitrogens is 3. The Kier molecular flexibility index (Phi) is 4.29. The first-order valence-electron chi connectivity index (χ1n) is 4.79. The van der Waals surface area contributed by atoms with Gasteiger partial charge in [-0.3, -0.25) is 9.89 Å². The number of nitrogens with zero attached hydrogens (tertiary/aromatic N) is 3. The molecule has 80 valence electrons. The summed E-state index contributed by atoms with van der Waals surface area (Å²) in [7, 11) is 0. The molecule has 6 nitrogen and oxygen atoms in total. The number of hydrogen-bond donors (Lipinski definition) is 2. The summed E-state index contributed by atoms with van der Waals surface area (Å²) in [5.41, 5.74) is 0. The highest BCUT2D eigenvalue weighted by Crippen LogP contribution is 2.04. The Hall–Kier alpha value is -1.90. The number of amides is 1. The second kappa shape index (κ2) is 5.75. The fourth-order valence-electron chi connectivity index (χ4n) is 1.15. The minimum Gasteiger partial charge on any atom is -0.348 e. The van der Waals surface area contributed by atoms with Crippen molar-refractivity contribution in [2.24, 2.45) is 5.92 Å². The summed E-state index contributed by atoms with van der Waals surface area (Å²) in [6, 6.07) is 1.97. The molecular weight excluding hydrogens is 194 g/mol. The van der Waals surface area contributed by atoms with Crippen LogP contribution in [0.4, 0.5) is 0 Å². The predicted octanol–water partition coefficient (Wildman–Crippen LogP) is 0.361. The number of hydrogen-bond acceptors (Lipinski definition) is 4. The van der Waals surface area contributed by atoms with E-state index in [-0.39, 0.29) is 12.5 Å². The van der Waals surface area contributed by atoms with E-state index < -0.39 is 5.92 Å². The van der Waals surface area contributed by atoms with Crippen molar-refractivity contribution in [1.29, 1.82) is 5.26 Å². The molecule has 1 rings (SSSR count). The summed E-state index contributed by atoms with van der Waals surface area (Å²) in [4.78, 5) is 15.3. The molecule has 1 aromatic rings. The van der Waals surface area contributed by atoms with E-state index in [1.807, 2.05) is 13.0 Å². The quantitative estimate of drug-likeness (QED) is 0.728. The minimum atomic E-state index is -0.571. The van der Waals surface area contributed by atoms with E-state index >= 15 is 0 Å². The van der Waals surface area contributed by atoms with Gasteiger partial charge in [0.05, 0.1) is 12.6 Å². The van der Waals surface area contributed by atoms with Gasteiger partial charge in [-0.2, -0.15) is 10.4 Å². The topological polar surface area (TPSA) is 94.5 Å². The number of carbonyl (C=O) groups is 1. The lowest BCUT2D eigenvalue weighted by Crippen LogP contribution is -2.29. The molecule has 1 heterocycles. The number of H-pyrrole nitrogens is 1. The summed E-state index contributed by atoms with van der Waals surface area (Å²) < 4.78 is 0. The normalized spacial score (nSPS) is 11.7. The molecule has 1 amide bonds. The molecule has 0 fully saturated rings. The van der Waals surface area contributed by atoms with E-state index in [1.54, 1.807) is 0 Å². The van der Waals surface area contributed by atoms with Crippen molar-refractivity contribution in [3.8, 4) is 6.07 Å². The fraction of sp³-hybridized carbons (Fsp3) is 0.556. The van der Waals surface area contributed by atoms with Gasteiger partial charge in [-0.25, -0.2) is 4.98 Å². The van der Waals surface area contributed by atoms with Gasteiger partial charge < -0.3 is 5.32 Å². The van der Waals surface area contributed by atoms with Crippen molar-refractivity contribution < 1.29 is 4.79 Å². The van der Waals surface area contributed by atoms with Gasteiger partial charge in [-0.15, -0.1) is 0 Å². The van der Waals surface area contributed by atoms with Crippen LogP contribution in [0.2, 0.25) is 0 Å². The molecule has 0 radical (unpaired) electrons. The van der Waals surface area contributed by atoms with Crippen molar-refractivity contribution in [3.63, 3.8) is 0 Å². The Morgan fingerprint density at radius 1 is 1.80 bits per heavy atom. The molecule has 0 aliphatic carbocycles. The maximum atomic E-state index is 11.5. The predicted molar refractivity (Wildman–Crippen MR) is 52.2 cm³/mol. The molecule has 15 heavy (non-hydrogen) atoms. The Morgan fingerprint density at radius 2 is 2.60 bits per heavy atom. The Balaban J connectivity index is 2.38. The molecule has 6 heteroatoms. The highest BCUT2D eigenvalue weighted by Gasteiger charge is 2.16. The largest absolute Gasteiger partial charge is 0.348 e. The summed E-state index contributed by atoms with van der Waals surface area (Å²) in [5.74, 6) is -0.245. The molecule has 0 aliphatic rings. The molecule has 0 aromatic carbocycles. The van der Waals surface area contributed by atoms with Crippen molar-refractivity contribution in [1.82, 2.24) is 20.5 Å². The highest BCUT2D eigenvalue weighted by atomic mass is 16.1. The van der Waals surface area contributed by atoms with Crippen molar-refractivity contribution in [3.05, 3.63) is 12.2 Å². The average molecular weight is 207 g/mol. The third kappa shape index (κ3) is 3.38. The maximum Gasteiger partial charge on any atom is 0.237 e. The second-order valence-electron chi connectivity index (χ2n) is 3.12. The molecule has 1 aromatic heterocycles. The molecule has 0 spiro atoms. The van der Waals surface area contributed by atoms with Gasteiger partial charge in [0.2, 0.25) is 5.91 Å². The molecule has 0 saturated heterocycles. The van der Waals surface area contributed by atoms with Crippen LogP contribution in [0.25, 0.3) is 0 Å². The lowest BCUT2D eigenvalue weighted by Gasteiger charge is -2.07. The van der Waals surface area contributed by atoms with E-state index in [1.165, 1.54) is 6.33 Å². The SMILES string of the molecule is CCCC(C#N)C(=O)NCc1ncn[nH]1. The number of carbonyl (C=O) groups excluding carboxylic acids is 1. The lowest BCUT2D eigenvalue weighted by atomic mass is 10.1. The van der Waals surface area contributed by atoms with Gasteiger partial charge in [0, 0.05) is 0 Å². The van der Waals surface area contributed by atoms with E-state index in [4.69, 9.17) is 5.26 Å². The van der Waals surface area contributed by atoms with E-state index in [0.29, 0.717) is 12.2 Å². The van der Waals surface area contributed by atoms with Crippen molar-refractivity contribution in [2.75, 3.05) is 0 Å². The molecule has 0 saturated carbocycles. The van der Waals surface area contributed by atoms with Crippen LogP contribution in [-0.2, 0) is 11.3 Å². The van der Waals surface area contributed by atoms with Crippen LogP contribution < -0.4 is 5.32 Å². The van der Waals surface area contributed by atoms with Crippen molar-refractivity contribution in [2.45, 2.75) is 26.3 Å². The standard InChI is InChI=1S/C9H13N5O/c1-2-3-7(4-10)9(15)11-5-8-12-6-13-14-8/h6-7H,2-3,5H2,1H3,(H,11,15)(H,12,13,14). The number of nitriles is 1. The second-order valence-corrected chi connectivity index (χ2v) is 3.12. The third-order valence-electron chi connectivity index (χ3n) is 1.94. The van der Waals surface area contributed by atoms with Crippen LogP contribution in [0.1, 0.15) is 25.6 Å². The first-order valence-corrected chi connectivity index (χ1v) is 4.79. The molecule has 1 unspecified atom stereocenters. The highest BCUT2D eigenvalue weighted by molar-refractivity contribution is 5.80. The van der Waals surface area contributed by atoms with Crippen LogP contribution in [0, 0.1) is 17.2 Å². The molecule has 0 bridgehead atoms. The summed E-state index contributed by atoms with van der Waals surface area (Å²) >= 11 is 0. The van der Waals surface area contributed by atoms with E-state index in [9.17, 15) is 4.79 Å². The number of rotatable bonds is 5. The Labute approximate surface area is 87.7 Å². The van der Waals surface area contributed by atoms with Crippen LogP contribution in [0.15, 0.2) is 6.33 Å². The van der Waals surface area contributed by atoms with Crippen LogP contribution in [0.3, 0.4) is 0 Å². The zero-order valence-electron chi connectivity index (χ0n) is 8.53. The Bertz CT molecular complexity index is 340. The smallest absolute Gasteiger partial charge is 0.237 e. The number of aromatic amines is 1. The average Bonchev–Trinajstić information content (AvgIpc) is 2.75. The van der Waals surface area contributed by atoms with Gasteiger partial charge in [-0.1, -0.05) is 13.3 Å². The molecular formula is C9H13N5O. The van der Waals surface area contributed by atoms with Gasteiger partial charge in [0.25, 0.3) is 0 Å². The van der Waals surface area contributed by atoms with Gasteiger partial charge in [0.1, 0.15) is 18.1 Å². The first-order chi connectivity index (χ1) is 7.27. The molecule has 2 N–H and O–H groups in total. The summed E-state index contributed by atoms with van der Waals surface area (Å²) in [5, 5.41) is 17.6. The van der Waals surface area contributed by atoms with Crippen LogP contribution >= 0.6 is 0 Å². The molecule has 1 atom stereocenters. The van der Waals surface area contributed by atoms with E-state index in [0.717, 1.165) is 6.42 Å². The lowest BCUT2D eigenvalue weighted by molar-refractivity contribution is -0.123. The minimum absolute atomic E-state index is 0.254. The fourth-order valence-corrected chi connectivity index (χ4v) is 1.15. The Morgan fingerprint density at radius 3 is 3.13 bits per heavy atom. The van der Waals surface area contributed by atoms with Gasteiger partial charge in [-0.05, 0) is 6.42 Å². The molecule has 0 aliphatic heterocycles. The van der Waals surface area contributed by atoms with Crippen molar-refractivity contribution >= 4 is 5.91 Å². The maximum absolute atomic E-state index is 11.5. The zero-order valence-corrected chi connectivity index (χ0v) is 8.53. The first kappa shape index (κ1) is 11.2. The summed E-state index contributed by atoms with van der Waals surface area (Å²) in [6.45, 7) is 2.22. The van der Waals surface area contributed by atoms with Gasteiger partial charge in [0.15, 0.2) is 0 Å². The van der Waals surface area contributed by atoms with Crippen LogP contribution in [0.5, 0.6) is 0 Å². The monoisotopic (exact) mass is 207 g/mol. The zero-order chi connectivity index (χ0) is 11.1. The third-order valence-corrected chi connectivity index (χ3v) is 1.94.